The summed E-state index contributed by atoms with van der Waals surface area (Å²) in [4.78, 5) is 27.7. The van der Waals surface area contributed by atoms with Crippen molar-refractivity contribution in [1.82, 2.24) is 10.2 Å². The highest BCUT2D eigenvalue weighted by Gasteiger charge is 2.32. The van der Waals surface area contributed by atoms with Gasteiger partial charge in [-0.15, -0.1) is 0 Å². The maximum Gasteiger partial charge on any atom is 0.264 e. The number of nitrogens with one attached hydrogen (secondary N) is 1. The molecule has 1 atom stereocenters. The van der Waals surface area contributed by atoms with Gasteiger partial charge in [-0.2, -0.15) is 0 Å². The summed E-state index contributed by atoms with van der Waals surface area (Å²) in [6.45, 7) is 5.14. The number of amides is 2. The molecule has 0 bridgehead atoms. The third kappa shape index (κ3) is 6.53. The second-order valence-electron chi connectivity index (χ2n) is 8.60. The van der Waals surface area contributed by atoms with E-state index in [2.05, 4.69) is 21.2 Å². The molecule has 3 rings (SSSR count). The zero-order chi connectivity index (χ0) is 26.5. The predicted molar refractivity (Wildman–Crippen MR) is 145 cm³/mol. The third-order valence-corrected chi connectivity index (χ3v) is 8.17. The summed E-state index contributed by atoms with van der Waals surface area (Å²) in [7, 11) is -2.57. The minimum Gasteiger partial charge on any atom is -0.357 e. The molecule has 7 nitrogen and oxygen atoms in total. The van der Waals surface area contributed by atoms with E-state index in [4.69, 9.17) is 0 Å². The molecule has 0 saturated heterocycles. The van der Waals surface area contributed by atoms with Crippen molar-refractivity contribution in [2.45, 2.75) is 38.3 Å². The molecular weight excluding hydrogens is 542 g/mol. The van der Waals surface area contributed by atoms with E-state index in [-0.39, 0.29) is 17.3 Å². The van der Waals surface area contributed by atoms with Crippen LogP contribution in [0.25, 0.3) is 0 Å². The lowest BCUT2D eigenvalue weighted by molar-refractivity contribution is -0.139. The molecule has 2 amide bonds. The predicted octanol–water partition coefficient (Wildman–Crippen LogP) is 4.42. The van der Waals surface area contributed by atoms with Gasteiger partial charge in [0.25, 0.3) is 10.0 Å². The lowest BCUT2D eigenvalue weighted by Crippen LogP contribution is -2.50. The van der Waals surface area contributed by atoms with E-state index in [0.717, 1.165) is 25.5 Å². The van der Waals surface area contributed by atoms with Gasteiger partial charge in [-0.3, -0.25) is 13.9 Å². The number of halogens is 1. The Morgan fingerprint density at radius 2 is 1.58 bits per heavy atom. The van der Waals surface area contributed by atoms with Crippen LogP contribution in [0.5, 0.6) is 0 Å². The number of aryl methyl sites for hydroxylation is 2. The van der Waals surface area contributed by atoms with Crippen LogP contribution in [-0.4, -0.2) is 44.8 Å². The Morgan fingerprint density at radius 3 is 2.17 bits per heavy atom. The minimum atomic E-state index is -4.07. The molecule has 0 unspecified atom stereocenters. The van der Waals surface area contributed by atoms with Crippen molar-refractivity contribution in [3.8, 4) is 0 Å². The fourth-order valence-corrected chi connectivity index (χ4v) is 5.45. The van der Waals surface area contributed by atoms with Crippen molar-refractivity contribution in [3.63, 3.8) is 0 Å². The molecule has 1 N–H and O–H groups in total. The van der Waals surface area contributed by atoms with Gasteiger partial charge in [0.2, 0.25) is 11.8 Å². The number of carbonyl (C=O) groups is 2. The quantitative estimate of drug-likeness (QED) is 0.411. The lowest BCUT2D eigenvalue weighted by Gasteiger charge is -2.32. The normalized spacial score (nSPS) is 12.0. The molecule has 0 saturated carbocycles. The molecule has 190 valence electrons. The monoisotopic (exact) mass is 571 g/mol. The third-order valence-electron chi connectivity index (χ3n) is 5.85. The van der Waals surface area contributed by atoms with Crippen LogP contribution in [-0.2, 0) is 26.2 Å². The van der Waals surface area contributed by atoms with E-state index in [1.165, 1.54) is 24.1 Å². The molecule has 0 fully saturated rings. The van der Waals surface area contributed by atoms with E-state index in [1.807, 2.05) is 38.1 Å². The highest BCUT2D eigenvalue weighted by molar-refractivity contribution is 9.10. The first-order chi connectivity index (χ1) is 17.0. The summed E-state index contributed by atoms with van der Waals surface area (Å²) < 4.78 is 29.3. The number of likely N-dealkylation sites (N-methyl/N-ethyl adjacent to an activating group) is 1. The molecule has 0 aliphatic carbocycles. The number of sulfonamides is 1. The van der Waals surface area contributed by atoms with Crippen LogP contribution in [0.15, 0.2) is 82.2 Å². The number of nitrogens with zero attached hydrogens (tertiary/aromatic N) is 2. The Labute approximate surface area is 221 Å². The average Bonchev–Trinajstić information content (AvgIpc) is 2.85. The van der Waals surface area contributed by atoms with Gasteiger partial charge in [-0.05, 0) is 62.7 Å². The molecule has 36 heavy (non-hydrogen) atoms. The minimum absolute atomic E-state index is 0.0772. The van der Waals surface area contributed by atoms with Crippen LogP contribution in [0, 0.1) is 13.8 Å². The molecule has 9 heteroatoms. The largest absolute Gasteiger partial charge is 0.357 e. The van der Waals surface area contributed by atoms with Gasteiger partial charge in [-0.25, -0.2) is 8.42 Å². The summed E-state index contributed by atoms with van der Waals surface area (Å²) in [5, 5.41) is 2.58. The summed E-state index contributed by atoms with van der Waals surface area (Å²) in [6.07, 6.45) is 0. The topological polar surface area (TPSA) is 86.8 Å². The van der Waals surface area contributed by atoms with Crippen LogP contribution < -0.4 is 9.62 Å². The molecule has 3 aromatic rings. The molecule has 0 aliphatic heterocycles. The average molecular weight is 573 g/mol. The molecule has 3 aromatic carbocycles. The highest BCUT2D eigenvalue weighted by atomic mass is 79.9. The van der Waals surface area contributed by atoms with Crippen molar-refractivity contribution in [3.05, 3.63) is 94.0 Å². The summed E-state index contributed by atoms with van der Waals surface area (Å²) in [6, 6.07) is 20.0. The van der Waals surface area contributed by atoms with Crippen molar-refractivity contribution < 1.29 is 18.0 Å². The summed E-state index contributed by atoms with van der Waals surface area (Å²) in [5.74, 6) is -0.834. The zero-order valence-corrected chi connectivity index (χ0v) is 23.1. The molecule has 0 radical (unpaired) electrons. The molecule has 0 aromatic heterocycles. The number of benzene rings is 3. The van der Waals surface area contributed by atoms with Crippen LogP contribution in [0.2, 0.25) is 0 Å². The Balaban J connectivity index is 2.02. The van der Waals surface area contributed by atoms with Gasteiger partial charge in [0.15, 0.2) is 0 Å². The second-order valence-corrected chi connectivity index (χ2v) is 11.4. The van der Waals surface area contributed by atoms with E-state index >= 15 is 0 Å². The van der Waals surface area contributed by atoms with Crippen LogP contribution in [0.1, 0.15) is 23.6 Å². The van der Waals surface area contributed by atoms with Gasteiger partial charge >= 0.3 is 0 Å². The number of rotatable bonds is 9. The first-order valence-corrected chi connectivity index (χ1v) is 13.7. The fourth-order valence-electron chi connectivity index (χ4n) is 3.77. The molecule has 0 spiro atoms. The number of anilines is 1. The fraction of sp³-hybridized carbons (Fsp3) is 0.259. The summed E-state index contributed by atoms with van der Waals surface area (Å²) >= 11 is 3.37. The van der Waals surface area contributed by atoms with Crippen molar-refractivity contribution >= 4 is 43.5 Å². The van der Waals surface area contributed by atoms with E-state index in [1.54, 1.807) is 43.3 Å². The van der Waals surface area contributed by atoms with E-state index in [9.17, 15) is 18.0 Å². The van der Waals surface area contributed by atoms with Gasteiger partial charge < -0.3 is 10.2 Å². The second kappa shape index (κ2) is 11.7. The first-order valence-electron chi connectivity index (χ1n) is 11.4. The lowest BCUT2D eigenvalue weighted by atomic mass is 10.1. The van der Waals surface area contributed by atoms with Crippen LogP contribution in [0.3, 0.4) is 0 Å². The number of hydrogen-bond acceptors (Lipinski definition) is 4. The van der Waals surface area contributed by atoms with Gasteiger partial charge in [0.05, 0.1) is 10.6 Å². The maximum atomic E-state index is 13.7. The number of carbonyl (C=O) groups excluding carboxylic acids is 2. The zero-order valence-electron chi connectivity index (χ0n) is 20.7. The Kier molecular flexibility index (Phi) is 8.92. The first kappa shape index (κ1) is 27.4. The molecule has 0 heterocycles. The Morgan fingerprint density at radius 1 is 0.944 bits per heavy atom. The van der Waals surface area contributed by atoms with Gasteiger partial charge in [-0.1, -0.05) is 63.5 Å². The maximum absolute atomic E-state index is 13.7. The Hall–Kier alpha value is -3.17. The van der Waals surface area contributed by atoms with Gasteiger partial charge in [0, 0.05) is 18.1 Å². The van der Waals surface area contributed by atoms with E-state index < -0.39 is 28.5 Å². The standard InChI is InChI=1S/C27H30BrN3O4S/c1-19-8-14-25(15-9-19)36(34,35)31(24-12-10-23(28)11-13-24)18-26(32)30(21(3)27(33)29-4)17-22-7-5-6-20(2)16-22/h5-16,21H,17-18H2,1-4H3,(H,29,33)/t21-/m0/s1. The van der Waals surface area contributed by atoms with E-state index in [0.29, 0.717) is 5.69 Å². The number of hydrogen-bond donors (Lipinski definition) is 1. The van der Waals surface area contributed by atoms with Crippen molar-refractivity contribution in [1.29, 1.82) is 0 Å². The van der Waals surface area contributed by atoms with Gasteiger partial charge in [0.1, 0.15) is 12.6 Å². The van der Waals surface area contributed by atoms with Crippen molar-refractivity contribution in [2.75, 3.05) is 17.9 Å². The van der Waals surface area contributed by atoms with Crippen LogP contribution in [0.4, 0.5) is 5.69 Å². The SMILES string of the molecule is CNC(=O)[C@H](C)N(Cc1cccc(C)c1)C(=O)CN(c1ccc(Br)cc1)S(=O)(=O)c1ccc(C)cc1. The van der Waals surface area contributed by atoms with Crippen LogP contribution >= 0.6 is 15.9 Å². The van der Waals surface area contributed by atoms with Crippen molar-refractivity contribution in [2.24, 2.45) is 0 Å². The smallest absolute Gasteiger partial charge is 0.264 e. The highest BCUT2D eigenvalue weighted by Crippen LogP contribution is 2.26. The molecule has 0 aliphatic rings. The Bertz CT molecular complexity index is 1330. The summed E-state index contributed by atoms with van der Waals surface area (Å²) in [5.41, 5.74) is 3.13. The molecular formula is C27H30BrN3O4S.